The number of fused-ring (bicyclic) bond motifs is 2. The fourth-order valence-electron chi connectivity index (χ4n) is 7.94. The van der Waals surface area contributed by atoms with Crippen LogP contribution in [0.5, 0.6) is 0 Å². The number of hydrogen-bond donors (Lipinski definition) is 0. The Labute approximate surface area is 324 Å². The number of rotatable bonds is 12. The molecule has 0 amide bonds. The van der Waals surface area contributed by atoms with Gasteiger partial charge in [-0.15, -0.1) is 10.2 Å². The number of hydrogen-bond acceptors (Lipinski definition) is 8. The highest BCUT2D eigenvalue weighted by atomic mass is 35.5. The van der Waals surface area contributed by atoms with E-state index in [1.807, 2.05) is 36.4 Å². The number of aromatic nitrogens is 6. The summed E-state index contributed by atoms with van der Waals surface area (Å²) >= 11 is 14.4. The van der Waals surface area contributed by atoms with E-state index in [4.69, 9.17) is 23.2 Å². The third kappa shape index (κ3) is 7.40. The van der Waals surface area contributed by atoms with Crippen LogP contribution >= 0.6 is 23.2 Å². The maximum absolute atomic E-state index is 12.6. The van der Waals surface area contributed by atoms with Gasteiger partial charge in [-0.25, -0.2) is 19.0 Å². The van der Waals surface area contributed by atoms with Crippen molar-refractivity contribution < 1.29 is 0 Å². The van der Waals surface area contributed by atoms with Crippen molar-refractivity contribution in [1.29, 1.82) is 0 Å². The van der Waals surface area contributed by atoms with Crippen molar-refractivity contribution >= 4 is 45.9 Å². The largest absolute Gasteiger partial charge is 0.368 e. The number of nitrogens with zero attached hydrogens (tertiary/aromatic N) is 10. The Morgan fingerprint density at radius 3 is 1.39 bits per heavy atom. The van der Waals surface area contributed by atoms with Crippen molar-refractivity contribution in [3.8, 4) is 0 Å². The first kappa shape index (κ1) is 36.4. The van der Waals surface area contributed by atoms with Gasteiger partial charge in [0.1, 0.15) is 0 Å². The molecular weight excluding hydrogens is 723 g/mol. The van der Waals surface area contributed by atoms with Crippen LogP contribution < -0.4 is 21.2 Å². The molecule has 0 unspecified atom stereocenters. The van der Waals surface area contributed by atoms with E-state index in [9.17, 15) is 9.59 Å². The van der Waals surface area contributed by atoms with Crippen LogP contribution in [0.4, 0.5) is 11.4 Å². The molecule has 0 bridgehead atoms. The molecule has 8 rings (SSSR count). The van der Waals surface area contributed by atoms with Crippen molar-refractivity contribution in [2.45, 2.75) is 38.8 Å². The van der Waals surface area contributed by atoms with Crippen LogP contribution in [0.2, 0.25) is 10.0 Å². The molecule has 14 heteroatoms. The lowest BCUT2D eigenvalue weighted by atomic mass is 9.92. The fourth-order valence-corrected chi connectivity index (χ4v) is 8.76. The highest BCUT2D eigenvalue weighted by Crippen LogP contribution is 2.41. The lowest BCUT2D eigenvalue weighted by molar-refractivity contribution is 0.248. The van der Waals surface area contributed by atoms with Crippen molar-refractivity contribution in [2.24, 2.45) is 0 Å². The molecule has 6 heterocycles. The summed E-state index contributed by atoms with van der Waals surface area (Å²) in [7, 11) is 0. The number of anilines is 2. The highest BCUT2D eigenvalue weighted by Gasteiger charge is 2.25. The highest BCUT2D eigenvalue weighted by molar-refractivity contribution is 6.35. The molecule has 2 aliphatic heterocycles. The summed E-state index contributed by atoms with van der Waals surface area (Å²) in [6.45, 7) is 12.5. The summed E-state index contributed by atoms with van der Waals surface area (Å²) in [4.78, 5) is 34.9. The Morgan fingerprint density at radius 1 is 0.556 bits per heavy atom. The molecule has 2 fully saturated rings. The summed E-state index contributed by atoms with van der Waals surface area (Å²) in [5, 5.41) is 10.5. The average Bonchev–Trinajstić information content (AvgIpc) is 3.70. The van der Waals surface area contributed by atoms with Crippen LogP contribution in [-0.4, -0.2) is 104 Å². The third-order valence-electron chi connectivity index (χ3n) is 11.0. The van der Waals surface area contributed by atoms with Crippen LogP contribution in [0.25, 0.3) is 11.3 Å². The molecule has 2 saturated heterocycles. The first-order valence-corrected chi connectivity index (χ1v) is 19.7. The molecule has 2 aliphatic rings. The van der Waals surface area contributed by atoms with Crippen molar-refractivity contribution in [2.75, 3.05) is 75.2 Å². The summed E-state index contributed by atoms with van der Waals surface area (Å²) in [6.07, 6.45) is 5.25. The normalized spacial score (nSPS) is 16.0. The zero-order valence-corrected chi connectivity index (χ0v) is 32.1. The summed E-state index contributed by atoms with van der Waals surface area (Å²) in [5.41, 5.74) is 5.45. The average molecular weight is 770 g/mol. The minimum absolute atomic E-state index is 0.0125. The Morgan fingerprint density at radius 2 is 0.981 bits per heavy atom. The van der Waals surface area contributed by atoms with Gasteiger partial charge in [0.15, 0.2) is 11.3 Å². The molecule has 0 N–H and O–H groups in total. The lowest BCUT2D eigenvalue weighted by Gasteiger charge is -2.37. The van der Waals surface area contributed by atoms with Crippen LogP contribution in [-0.2, 0) is 13.1 Å². The van der Waals surface area contributed by atoms with E-state index in [0.29, 0.717) is 24.4 Å². The number of pyridine rings is 2. The monoisotopic (exact) mass is 768 g/mol. The van der Waals surface area contributed by atoms with Gasteiger partial charge in [0.05, 0.1) is 21.4 Å². The Kier molecular flexibility index (Phi) is 10.8. The zero-order valence-electron chi connectivity index (χ0n) is 30.6. The van der Waals surface area contributed by atoms with Gasteiger partial charge in [0.2, 0.25) is 0 Å². The predicted octanol–water partition coefficient (Wildman–Crippen LogP) is 5.19. The molecule has 4 aromatic heterocycles. The van der Waals surface area contributed by atoms with E-state index in [-0.39, 0.29) is 17.3 Å². The zero-order chi connectivity index (χ0) is 37.2. The SMILES string of the molecule is CC(c1cccc(N2CCN(CCCn3nc4ccccn4c3=O)CC2)c1Cl)c1cccc(N2CCN(CCCn3nc4ccccn4c3=O)CC2)c1Cl. The lowest BCUT2D eigenvalue weighted by Crippen LogP contribution is -2.47. The maximum Gasteiger partial charge on any atom is 0.350 e. The Hall–Kier alpha value is -4.62. The molecular formula is C40H46Cl2N10O2. The molecule has 6 aromatic rings. The fraction of sp³-hybridized carbons (Fsp3) is 0.400. The molecule has 0 atom stereocenters. The van der Waals surface area contributed by atoms with Crippen LogP contribution in [0, 0.1) is 0 Å². The van der Waals surface area contributed by atoms with Gasteiger partial charge in [0.25, 0.3) is 0 Å². The van der Waals surface area contributed by atoms with E-state index in [2.05, 4.69) is 73.1 Å². The molecule has 54 heavy (non-hydrogen) atoms. The van der Waals surface area contributed by atoms with Crippen LogP contribution in [0.15, 0.2) is 94.8 Å². The number of benzene rings is 2. The van der Waals surface area contributed by atoms with Crippen LogP contribution in [0.1, 0.15) is 36.8 Å². The molecule has 0 radical (unpaired) electrons. The molecule has 282 valence electrons. The number of piperazine rings is 2. The second kappa shape index (κ2) is 16.0. The van der Waals surface area contributed by atoms with E-state index in [1.54, 1.807) is 30.6 Å². The predicted molar refractivity (Wildman–Crippen MR) is 216 cm³/mol. The summed E-state index contributed by atoms with van der Waals surface area (Å²) in [6, 6.07) is 23.9. The summed E-state index contributed by atoms with van der Waals surface area (Å²) < 4.78 is 6.32. The van der Waals surface area contributed by atoms with Gasteiger partial charge in [-0.05, 0) is 60.4 Å². The molecule has 0 spiro atoms. The first-order chi connectivity index (χ1) is 26.4. The second-order valence-corrected chi connectivity index (χ2v) is 15.1. The topological polar surface area (TPSA) is 91.6 Å². The van der Waals surface area contributed by atoms with Gasteiger partial charge >= 0.3 is 11.4 Å². The third-order valence-corrected chi connectivity index (χ3v) is 11.9. The van der Waals surface area contributed by atoms with Gasteiger partial charge in [0, 0.05) is 96.8 Å². The molecule has 12 nitrogen and oxygen atoms in total. The van der Waals surface area contributed by atoms with Crippen molar-refractivity contribution in [3.63, 3.8) is 0 Å². The first-order valence-electron chi connectivity index (χ1n) is 19.0. The minimum Gasteiger partial charge on any atom is -0.368 e. The standard InChI is InChI=1S/C40H46Cl2N10O2/c1-30(31-10-6-12-33(37(31)41)47-26-22-45(23-27-47)16-8-20-51-39(53)49-18-4-2-14-35(49)43-51)32-11-7-13-34(38(32)42)48-28-24-46(25-29-48)17-9-21-52-40(54)50-19-5-3-15-36(50)44-52/h2-7,10-15,18-19,30H,8-9,16-17,20-29H2,1H3. The number of halogens is 2. The van der Waals surface area contributed by atoms with Crippen molar-refractivity contribution in [1.82, 2.24) is 38.2 Å². The Bertz CT molecular complexity index is 2190. The van der Waals surface area contributed by atoms with Gasteiger partial charge in [-0.2, -0.15) is 0 Å². The van der Waals surface area contributed by atoms with E-state index >= 15 is 0 Å². The maximum atomic E-state index is 12.6. The van der Waals surface area contributed by atoms with E-state index in [1.165, 1.54) is 0 Å². The smallest absolute Gasteiger partial charge is 0.350 e. The quantitative estimate of drug-likeness (QED) is 0.168. The van der Waals surface area contributed by atoms with Crippen molar-refractivity contribution in [3.05, 3.63) is 127 Å². The van der Waals surface area contributed by atoms with E-state index < -0.39 is 0 Å². The summed E-state index contributed by atoms with van der Waals surface area (Å²) in [5.74, 6) is 0.0125. The van der Waals surface area contributed by atoms with Gasteiger partial charge < -0.3 is 9.80 Å². The molecule has 2 aromatic carbocycles. The molecule has 0 aliphatic carbocycles. The second-order valence-electron chi connectivity index (χ2n) is 14.3. The Balaban J connectivity index is 0.843. The molecule has 0 saturated carbocycles. The minimum atomic E-state index is -0.0884. The van der Waals surface area contributed by atoms with E-state index in [0.717, 1.165) is 111 Å². The van der Waals surface area contributed by atoms with Gasteiger partial charge in [-0.1, -0.05) is 66.5 Å². The number of aryl methyl sites for hydroxylation is 2. The van der Waals surface area contributed by atoms with Gasteiger partial charge in [-0.3, -0.25) is 18.6 Å². The van der Waals surface area contributed by atoms with Crippen LogP contribution in [0.3, 0.4) is 0 Å².